The number of amides is 2. The van der Waals surface area contributed by atoms with Crippen molar-refractivity contribution < 1.29 is 9.59 Å². The minimum absolute atomic E-state index is 0.0933. The molecule has 0 radical (unpaired) electrons. The van der Waals surface area contributed by atoms with E-state index in [0.29, 0.717) is 10.7 Å². The smallest absolute Gasteiger partial charge is 0.238 e. The largest absolute Gasteiger partial charge is 0.325 e. The van der Waals surface area contributed by atoms with E-state index >= 15 is 0 Å². The number of hydrogen-bond acceptors (Lipinski definition) is 3. The highest BCUT2D eigenvalue weighted by Gasteiger charge is 2.28. The maximum Gasteiger partial charge on any atom is 0.238 e. The number of hydrogen-bond donors (Lipinski definition) is 2. The van der Waals surface area contributed by atoms with Gasteiger partial charge in [-0.15, -0.1) is 11.8 Å². The highest BCUT2D eigenvalue weighted by Crippen LogP contribution is 2.36. The van der Waals surface area contributed by atoms with Gasteiger partial charge in [0, 0.05) is 11.3 Å². The summed E-state index contributed by atoms with van der Waals surface area (Å²) in [7, 11) is 0. The van der Waals surface area contributed by atoms with E-state index < -0.39 is 5.25 Å². The average Bonchev–Trinajstić information content (AvgIpc) is 2.50. The van der Waals surface area contributed by atoms with Crippen LogP contribution in [-0.4, -0.2) is 17.1 Å². The fourth-order valence-electron chi connectivity index (χ4n) is 2.16. The molecule has 1 aliphatic heterocycles. The molecule has 1 atom stereocenters. The summed E-state index contributed by atoms with van der Waals surface area (Å²) in [5.74, 6) is -0.391. The molecule has 1 heterocycles. The monoisotopic (exact) mass is 332 g/mol. The minimum Gasteiger partial charge on any atom is -0.325 e. The van der Waals surface area contributed by atoms with Crippen LogP contribution in [0.1, 0.15) is 6.42 Å². The Bertz CT molecular complexity index is 736. The van der Waals surface area contributed by atoms with Crippen LogP contribution in [0, 0.1) is 0 Å². The van der Waals surface area contributed by atoms with Crippen molar-refractivity contribution >= 4 is 46.6 Å². The second-order valence-electron chi connectivity index (χ2n) is 4.82. The van der Waals surface area contributed by atoms with Crippen LogP contribution in [-0.2, 0) is 9.59 Å². The number of carbonyl (C=O) groups is 2. The van der Waals surface area contributed by atoms with Crippen LogP contribution >= 0.6 is 23.4 Å². The molecule has 0 fully saturated rings. The quantitative estimate of drug-likeness (QED) is 0.899. The van der Waals surface area contributed by atoms with E-state index in [-0.39, 0.29) is 18.2 Å². The molecule has 0 unspecified atom stereocenters. The Balaban J connectivity index is 1.67. The van der Waals surface area contributed by atoms with Crippen LogP contribution in [0.3, 0.4) is 0 Å². The van der Waals surface area contributed by atoms with E-state index in [1.807, 2.05) is 24.3 Å². The zero-order chi connectivity index (χ0) is 15.5. The molecule has 2 aromatic carbocycles. The number of rotatable bonds is 3. The summed E-state index contributed by atoms with van der Waals surface area (Å²) in [6.07, 6.45) is 0.0933. The van der Waals surface area contributed by atoms with Gasteiger partial charge in [0.1, 0.15) is 0 Å². The van der Waals surface area contributed by atoms with Crippen LogP contribution < -0.4 is 10.6 Å². The summed E-state index contributed by atoms with van der Waals surface area (Å²) >= 11 is 7.41. The van der Waals surface area contributed by atoms with E-state index in [2.05, 4.69) is 10.6 Å². The fourth-order valence-corrected chi connectivity index (χ4v) is 3.45. The normalized spacial score (nSPS) is 16.6. The molecule has 0 spiro atoms. The lowest BCUT2D eigenvalue weighted by molar-refractivity contribution is -0.120. The summed E-state index contributed by atoms with van der Waals surface area (Å²) in [6.45, 7) is 0. The van der Waals surface area contributed by atoms with Crippen LogP contribution in [0.5, 0.6) is 0 Å². The molecule has 0 bridgehead atoms. The molecule has 112 valence electrons. The molecule has 3 rings (SSSR count). The van der Waals surface area contributed by atoms with Gasteiger partial charge in [0.25, 0.3) is 0 Å². The van der Waals surface area contributed by atoms with Crippen LogP contribution in [0.4, 0.5) is 11.4 Å². The minimum atomic E-state index is -0.447. The number of thioether (sulfide) groups is 1. The zero-order valence-corrected chi connectivity index (χ0v) is 13.1. The van der Waals surface area contributed by atoms with Crippen LogP contribution in [0.15, 0.2) is 53.4 Å². The van der Waals surface area contributed by atoms with Crippen molar-refractivity contribution in [3.05, 3.63) is 53.6 Å². The molecule has 0 saturated heterocycles. The Kier molecular flexibility index (Phi) is 4.36. The van der Waals surface area contributed by atoms with Gasteiger partial charge < -0.3 is 10.6 Å². The molecule has 1 aliphatic rings. The predicted octanol–water partition coefficient (Wildman–Crippen LogP) is 3.78. The van der Waals surface area contributed by atoms with Crippen LogP contribution in [0.2, 0.25) is 5.02 Å². The standard InChI is InChI=1S/C16H13ClN2O2S/c17-10-5-1-2-6-11(10)18-15(20)9-14-16(21)19-12-7-3-4-8-13(12)22-14/h1-8,14H,9H2,(H,18,20)(H,19,21)/t14-/m0/s1. The summed E-state index contributed by atoms with van der Waals surface area (Å²) in [4.78, 5) is 25.2. The molecule has 2 N–H and O–H groups in total. The Morgan fingerprint density at radius 1 is 1.18 bits per heavy atom. The van der Waals surface area contributed by atoms with Crippen molar-refractivity contribution in [3.8, 4) is 0 Å². The second kappa shape index (κ2) is 6.42. The third-order valence-corrected chi connectivity index (χ3v) is 4.83. The van der Waals surface area contributed by atoms with Gasteiger partial charge in [0.15, 0.2) is 0 Å². The Morgan fingerprint density at radius 2 is 1.91 bits per heavy atom. The van der Waals surface area contributed by atoms with Crippen molar-refractivity contribution in [1.29, 1.82) is 0 Å². The maximum absolute atomic E-state index is 12.1. The van der Waals surface area contributed by atoms with Gasteiger partial charge in [-0.05, 0) is 24.3 Å². The number of nitrogens with one attached hydrogen (secondary N) is 2. The first-order chi connectivity index (χ1) is 10.6. The van der Waals surface area contributed by atoms with Crippen molar-refractivity contribution in [1.82, 2.24) is 0 Å². The molecule has 22 heavy (non-hydrogen) atoms. The Hall–Kier alpha value is -1.98. The summed E-state index contributed by atoms with van der Waals surface area (Å²) in [5, 5.41) is 5.59. The maximum atomic E-state index is 12.1. The molecule has 6 heteroatoms. The molecule has 0 aliphatic carbocycles. The van der Waals surface area contributed by atoms with Gasteiger partial charge in [-0.2, -0.15) is 0 Å². The third kappa shape index (κ3) is 3.26. The average molecular weight is 333 g/mol. The first-order valence-corrected chi connectivity index (χ1v) is 8.00. The molecular weight excluding hydrogens is 320 g/mol. The highest BCUT2D eigenvalue weighted by atomic mass is 35.5. The van der Waals surface area contributed by atoms with Crippen molar-refractivity contribution in [3.63, 3.8) is 0 Å². The van der Waals surface area contributed by atoms with Gasteiger partial charge >= 0.3 is 0 Å². The number of carbonyl (C=O) groups excluding carboxylic acids is 2. The number of halogens is 1. The number of anilines is 2. The predicted molar refractivity (Wildman–Crippen MR) is 89.4 cm³/mol. The molecule has 0 aromatic heterocycles. The zero-order valence-electron chi connectivity index (χ0n) is 11.5. The fraction of sp³-hybridized carbons (Fsp3) is 0.125. The molecule has 2 amide bonds. The Labute approximate surface area is 137 Å². The topological polar surface area (TPSA) is 58.2 Å². The van der Waals surface area contributed by atoms with E-state index in [1.165, 1.54) is 11.8 Å². The molecule has 0 saturated carbocycles. The van der Waals surface area contributed by atoms with Gasteiger partial charge in [0.2, 0.25) is 11.8 Å². The first-order valence-electron chi connectivity index (χ1n) is 6.74. The lowest BCUT2D eigenvalue weighted by Crippen LogP contribution is -2.32. The highest BCUT2D eigenvalue weighted by molar-refractivity contribution is 8.01. The third-order valence-electron chi connectivity index (χ3n) is 3.23. The second-order valence-corrected chi connectivity index (χ2v) is 6.48. The summed E-state index contributed by atoms with van der Waals surface area (Å²) < 4.78 is 0. The molecule has 2 aromatic rings. The lowest BCUT2D eigenvalue weighted by Gasteiger charge is -2.23. The van der Waals surface area contributed by atoms with Crippen molar-refractivity contribution in [2.45, 2.75) is 16.6 Å². The van der Waals surface area contributed by atoms with Crippen molar-refractivity contribution in [2.75, 3.05) is 10.6 Å². The summed E-state index contributed by atoms with van der Waals surface area (Å²) in [5.41, 5.74) is 1.34. The molecule has 4 nitrogen and oxygen atoms in total. The van der Waals surface area contributed by atoms with Gasteiger partial charge in [-0.1, -0.05) is 35.9 Å². The first kappa shape index (κ1) is 14.9. The summed E-state index contributed by atoms with van der Waals surface area (Å²) in [6, 6.07) is 14.6. The van der Waals surface area contributed by atoms with E-state index in [4.69, 9.17) is 11.6 Å². The van der Waals surface area contributed by atoms with Crippen LogP contribution in [0.25, 0.3) is 0 Å². The molecular formula is C16H13ClN2O2S. The van der Waals surface area contributed by atoms with Gasteiger partial charge in [-0.25, -0.2) is 0 Å². The van der Waals surface area contributed by atoms with E-state index in [0.717, 1.165) is 10.6 Å². The van der Waals surface area contributed by atoms with Gasteiger partial charge in [-0.3, -0.25) is 9.59 Å². The number of benzene rings is 2. The SMILES string of the molecule is O=C(C[C@@H]1Sc2ccccc2NC1=O)Nc1ccccc1Cl. The Morgan fingerprint density at radius 3 is 2.73 bits per heavy atom. The lowest BCUT2D eigenvalue weighted by atomic mass is 10.2. The van der Waals surface area contributed by atoms with E-state index in [9.17, 15) is 9.59 Å². The number of para-hydroxylation sites is 2. The van der Waals surface area contributed by atoms with Gasteiger partial charge in [0.05, 0.1) is 21.6 Å². The van der Waals surface area contributed by atoms with E-state index in [1.54, 1.807) is 24.3 Å². The number of fused-ring (bicyclic) bond motifs is 1. The van der Waals surface area contributed by atoms with Crippen molar-refractivity contribution in [2.24, 2.45) is 0 Å².